The molecule has 0 saturated heterocycles. The maximum absolute atomic E-state index is 14.6. The van der Waals surface area contributed by atoms with Crippen molar-refractivity contribution in [3.8, 4) is 0 Å². The van der Waals surface area contributed by atoms with Gasteiger partial charge in [0.05, 0.1) is 17.9 Å². The molecule has 1 heterocycles. The fourth-order valence-electron chi connectivity index (χ4n) is 9.87. The van der Waals surface area contributed by atoms with E-state index in [2.05, 4.69) is 84.2 Å². The molecule has 0 aliphatic carbocycles. The Hall–Kier alpha value is -9.62. The number of carboxylic acid groups (broad SMARTS) is 3. The van der Waals surface area contributed by atoms with Gasteiger partial charge in [-0.05, 0) is 122 Å². The van der Waals surface area contributed by atoms with Gasteiger partial charge in [-0.15, -0.1) is 0 Å². The number of benzene rings is 4. The number of unbranched alkanes of at least 4 members (excludes halogenated alkanes) is 3. The van der Waals surface area contributed by atoms with E-state index in [1.165, 1.54) is 24.3 Å². The predicted molar refractivity (Wildman–Crippen MR) is 351 cm³/mol. The van der Waals surface area contributed by atoms with Gasteiger partial charge in [-0.3, -0.25) is 57.5 Å². The number of sulfonamides is 1. The molecule has 0 spiro atoms. The summed E-state index contributed by atoms with van der Waals surface area (Å²) in [6.45, 7) is 5.60. The smallest absolute Gasteiger partial charge is 0.305 e. The van der Waals surface area contributed by atoms with Crippen molar-refractivity contribution in [2.45, 2.75) is 157 Å². The number of nitrogens with two attached hydrogens (primary N) is 1. The monoisotopic (exact) mass is 1420 g/mol. The summed E-state index contributed by atoms with van der Waals surface area (Å²) in [7, 11) is -4.56. The zero-order chi connectivity index (χ0) is 70.7. The number of aromatic nitrogens is 1. The third-order valence-electron chi connectivity index (χ3n) is 15.1. The first-order chi connectivity index (χ1) is 45.4. The van der Waals surface area contributed by atoms with Crippen molar-refractivity contribution in [3.63, 3.8) is 0 Å². The molecule has 0 radical (unpaired) electrons. The lowest BCUT2D eigenvalue weighted by Gasteiger charge is -2.26. The van der Waals surface area contributed by atoms with Crippen LogP contribution in [0.3, 0.4) is 0 Å². The molecule has 1 aromatic heterocycles. The Labute approximate surface area is 561 Å². The second-order valence-electron chi connectivity index (χ2n) is 23.7. The van der Waals surface area contributed by atoms with E-state index < -0.39 is 162 Å². The van der Waals surface area contributed by atoms with Crippen molar-refractivity contribution >= 4 is 108 Å². The molecule has 5 rings (SSSR count). The third-order valence-corrected chi connectivity index (χ3v) is 17.1. The molecule has 0 bridgehead atoms. The Bertz CT molecular complexity index is 3700. The lowest BCUT2D eigenvalue weighted by atomic mass is 9.87. The lowest BCUT2D eigenvalue weighted by molar-refractivity contribution is -0.140. The van der Waals surface area contributed by atoms with Gasteiger partial charge in [0, 0.05) is 72.3 Å². The molecule has 0 aliphatic rings. The summed E-state index contributed by atoms with van der Waals surface area (Å²) >= 11 is 3.17. The van der Waals surface area contributed by atoms with Gasteiger partial charge in [-0.1, -0.05) is 85.6 Å². The number of hydrogen-bond donors (Lipinski definition) is 14. The van der Waals surface area contributed by atoms with Crippen LogP contribution in [0.25, 0.3) is 10.9 Å². The van der Waals surface area contributed by atoms with Crippen LogP contribution in [0.15, 0.2) is 113 Å². The standard InChI is InChI=1S/C65H81BrFN11O17S/c1-65(2,3)41-20-18-39(19-21-41)59(88)69-31-10-8-16-47(58(68)87)73-53(79)17-5-4-9-30-70-60(89)48(26-28-55(81)82)75-63(92)51(34-40-36-71-46-15-7-6-14-45(40)46)77-62(91)50(33-38-12-11-13-43(67)32-38)74-54(80)37-72-61(90)49(27-29-56(83)84)76-64(93)52(35-57(85)86)78-96(94,95)44-24-22-42(66)23-25-44/h6-7,11-15,18-25,32,36,47-52,71,78H,4-5,8-10,16-17,26-31,33-35,37H2,1-3H3,(H2,68,87)(H,69,88)(H,70,89)(H,72,90)(H,73,79)(H,74,80)(H,75,92)(H,76,93)(H,77,91)(H,81,82)(H,83,84)(H,85,86)/t47-,48-,49-,50-,51-,52+/m0/s1. The van der Waals surface area contributed by atoms with Crippen molar-refractivity contribution in [1.82, 2.24) is 52.2 Å². The van der Waals surface area contributed by atoms with Gasteiger partial charge in [0.15, 0.2) is 0 Å². The second kappa shape index (κ2) is 37.5. The lowest BCUT2D eigenvalue weighted by Crippen LogP contribution is -2.58. The minimum atomic E-state index is -4.56. The summed E-state index contributed by atoms with van der Waals surface area (Å²) in [4.78, 5) is 160. The summed E-state index contributed by atoms with van der Waals surface area (Å²) in [6.07, 6.45) is -0.386. The number of carbonyl (C=O) groups excluding carboxylic acids is 9. The molecule has 0 fully saturated rings. The molecule has 96 heavy (non-hydrogen) atoms. The van der Waals surface area contributed by atoms with Gasteiger partial charge < -0.3 is 68.6 Å². The molecule has 28 nitrogen and oxygen atoms in total. The van der Waals surface area contributed by atoms with Crippen LogP contribution in [0.2, 0.25) is 0 Å². The maximum Gasteiger partial charge on any atom is 0.305 e. The summed E-state index contributed by atoms with van der Waals surface area (Å²) in [5, 5.41) is 49.4. The van der Waals surface area contributed by atoms with E-state index in [9.17, 15) is 85.7 Å². The van der Waals surface area contributed by atoms with Crippen LogP contribution in [-0.4, -0.2) is 156 Å². The number of carboxylic acids is 3. The highest BCUT2D eigenvalue weighted by molar-refractivity contribution is 9.10. The second-order valence-corrected chi connectivity index (χ2v) is 26.3. The third kappa shape index (κ3) is 26.3. The fraction of sp³-hybridized carbons (Fsp3) is 0.415. The molecule has 9 amide bonds. The zero-order valence-corrected chi connectivity index (χ0v) is 55.5. The molecule has 6 atom stereocenters. The highest BCUT2D eigenvalue weighted by atomic mass is 79.9. The number of aliphatic carboxylic acids is 3. The zero-order valence-electron chi connectivity index (χ0n) is 53.1. The summed E-state index contributed by atoms with van der Waals surface area (Å²) in [5.41, 5.74) is 8.41. The van der Waals surface area contributed by atoms with Crippen molar-refractivity contribution in [2.24, 2.45) is 5.73 Å². The molecule has 4 aromatic carbocycles. The van der Waals surface area contributed by atoms with Crippen LogP contribution < -0.4 is 53.0 Å². The van der Waals surface area contributed by atoms with Crippen LogP contribution in [0.1, 0.15) is 125 Å². The van der Waals surface area contributed by atoms with Crippen molar-refractivity contribution in [1.29, 1.82) is 0 Å². The van der Waals surface area contributed by atoms with Crippen molar-refractivity contribution < 1.29 is 85.7 Å². The van der Waals surface area contributed by atoms with E-state index in [0.717, 1.165) is 29.8 Å². The number of amides is 9. The summed E-state index contributed by atoms with van der Waals surface area (Å²) in [6, 6.07) is 14.7. The van der Waals surface area contributed by atoms with Gasteiger partial charge in [-0.2, -0.15) is 4.72 Å². The number of aromatic amines is 1. The van der Waals surface area contributed by atoms with Crippen LogP contribution in [0.5, 0.6) is 0 Å². The summed E-state index contributed by atoms with van der Waals surface area (Å²) < 4.78 is 43.5. The van der Waals surface area contributed by atoms with Crippen LogP contribution in [-0.2, 0) is 81.0 Å². The Morgan fingerprint density at radius 1 is 0.562 bits per heavy atom. The highest BCUT2D eigenvalue weighted by Crippen LogP contribution is 2.23. The highest BCUT2D eigenvalue weighted by Gasteiger charge is 2.34. The van der Waals surface area contributed by atoms with Gasteiger partial charge in [-0.25, -0.2) is 12.8 Å². The molecular formula is C65H81BrFN11O17S. The van der Waals surface area contributed by atoms with Crippen molar-refractivity contribution in [3.05, 3.63) is 136 Å². The molecule has 0 saturated carbocycles. The van der Waals surface area contributed by atoms with Gasteiger partial charge >= 0.3 is 17.9 Å². The van der Waals surface area contributed by atoms with E-state index in [0.29, 0.717) is 65.2 Å². The van der Waals surface area contributed by atoms with E-state index in [4.69, 9.17) is 5.73 Å². The predicted octanol–water partition coefficient (Wildman–Crippen LogP) is 3.01. The topological polar surface area (TPSA) is 450 Å². The van der Waals surface area contributed by atoms with E-state index in [1.807, 2.05) is 16.9 Å². The Morgan fingerprint density at radius 3 is 1.74 bits per heavy atom. The number of hydrogen-bond acceptors (Lipinski definition) is 14. The number of primary amides is 1. The first-order valence-electron chi connectivity index (χ1n) is 30.8. The largest absolute Gasteiger partial charge is 0.481 e. The minimum absolute atomic E-state index is 0.00878. The van der Waals surface area contributed by atoms with Gasteiger partial charge in [0.2, 0.25) is 57.3 Å². The Morgan fingerprint density at radius 2 is 1.14 bits per heavy atom. The van der Waals surface area contributed by atoms with E-state index in [-0.39, 0.29) is 47.6 Å². The van der Waals surface area contributed by atoms with Crippen molar-refractivity contribution in [2.75, 3.05) is 19.6 Å². The number of rotatable bonds is 40. The minimum Gasteiger partial charge on any atom is -0.481 e. The molecule has 0 unspecified atom stereocenters. The molecule has 0 aliphatic heterocycles. The molecule has 518 valence electrons. The fourth-order valence-corrected chi connectivity index (χ4v) is 11.3. The normalized spacial score (nSPS) is 13.3. The van der Waals surface area contributed by atoms with Gasteiger partial charge in [0.1, 0.15) is 42.1 Å². The quantitative estimate of drug-likeness (QED) is 0.0251. The average Bonchev–Trinajstić information content (AvgIpc) is 1.55. The van der Waals surface area contributed by atoms with Crippen LogP contribution in [0, 0.1) is 5.82 Å². The molecular weight excluding hydrogens is 1340 g/mol. The number of nitrogens with one attached hydrogen (secondary N) is 10. The number of halogens is 2. The van der Waals surface area contributed by atoms with Crippen LogP contribution >= 0.6 is 15.9 Å². The van der Waals surface area contributed by atoms with E-state index in [1.54, 1.807) is 42.6 Å². The molecule has 15 N–H and O–H groups in total. The number of para-hydroxylation sites is 1. The average molecular weight is 1420 g/mol. The Balaban J connectivity index is 1.22. The number of H-pyrrole nitrogens is 1. The first kappa shape index (κ1) is 77.1. The molecule has 31 heteroatoms. The number of carbonyl (C=O) groups is 12. The Kier molecular flexibility index (Phi) is 30.1. The van der Waals surface area contributed by atoms with Crippen LogP contribution in [0.4, 0.5) is 4.39 Å². The summed E-state index contributed by atoms with van der Waals surface area (Å²) in [5.74, 6) is -13.0. The molecule has 5 aromatic rings. The van der Waals surface area contributed by atoms with E-state index >= 15 is 0 Å². The maximum atomic E-state index is 14.6. The SMILES string of the molecule is CC(C)(C)c1ccc(C(=O)NCCCC[C@H](NC(=O)CCCCCNC(=O)[C@H](CCC(=O)O)NC(=O)[C@H](Cc2c[nH]c3ccccc23)NC(=O)[C@H](Cc2cccc(F)c2)NC(=O)CNC(=O)[C@H](CCC(=O)O)NC(=O)[C@@H](CC(=O)O)NS(=O)(=O)c2ccc(Br)cc2)C(N)=O)cc1. The number of fused-ring (bicyclic) bond motifs is 1. The first-order valence-corrected chi connectivity index (χ1v) is 33.1. The van der Waals surface area contributed by atoms with Gasteiger partial charge in [0.25, 0.3) is 5.91 Å².